The van der Waals surface area contributed by atoms with Crippen LogP contribution >= 0.6 is 0 Å². The minimum Gasteiger partial charge on any atom is -0.480 e. The summed E-state index contributed by atoms with van der Waals surface area (Å²) in [5, 5.41) is 14.7. The van der Waals surface area contributed by atoms with Crippen LogP contribution in [0.3, 0.4) is 0 Å². The van der Waals surface area contributed by atoms with Gasteiger partial charge in [-0.1, -0.05) is 12.1 Å². The fourth-order valence-corrected chi connectivity index (χ4v) is 1.88. The molecule has 0 unspecified atom stereocenters. The Balaban J connectivity index is 2.61. The summed E-state index contributed by atoms with van der Waals surface area (Å²) in [6, 6.07) is 4.84. The van der Waals surface area contributed by atoms with Crippen LogP contribution in [0.25, 0.3) is 0 Å². The van der Waals surface area contributed by atoms with Crippen molar-refractivity contribution in [2.24, 2.45) is 5.73 Å². The van der Waals surface area contributed by atoms with Crippen LogP contribution in [0.2, 0.25) is 0 Å². The maximum absolute atomic E-state index is 12.0. The minimum atomic E-state index is -1.04. The fourth-order valence-electron chi connectivity index (χ4n) is 1.88. The number of hydrogen-bond donors (Lipinski definition) is 4. The molecular formula is C15H23N3O3. The zero-order valence-electron chi connectivity index (χ0n) is 12.5. The van der Waals surface area contributed by atoms with Gasteiger partial charge in [0.1, 0.15) is 6.04 Å². The van der Waals surface area contributed by atoms with Crippen molar-refractivity contribution in [1.29, 1.82) is 0 Å². The molecule has 116 valence electrons. The molecule has 1 amide bonds. The standard InChI is InChI=1S/C15H23N3O3/c1-10-4-5-11(2)12(8-10)18-14(19)9-13(15(20)21)17-7-3-6-16/h4-5,8,13,17H,3,6-7,9,16H2,1-2H3,(H,18,19)(H,20,21)/t13-/m0/s1. The van der Waals surface area contributed by atoms with Crippen molar-refractivity contribution in [3.05, 3.63) is 29.3 Å². The summed E-state index contributed by atoms with van der Waals surface area (Å²) in [6.45, 7) is 4.78. The summed E-state index contributed by atoms with van der Waals surface area (Å²) in [4.78, 5) is 23.1. The third-order valence-electron chi connectivity index (χ3n) is 3.13. The normalized spacial score (nSPS) is 12.0. The van der Waals surface area contributed by atoms with E-state index < -0.39 is 12.0 Å². The number of aliphatic carboxylic acids is 1. The van der Waals surface area contributed by atoms with Gasteiger partial charge in [-0.2, -0.15) is 0 Å². The lowest BCUT2D eigenvalue weighted by Crippen LogP contribution is -2.40. The molecule has 0 radical (unpaired) electrons. The Hall–Kier alpha value is -1.92. The smallest absolute Gasteiger partial charge is 0.321 e. The highest BCUT2D eigenvalue weighted by Crippen LogP contribution is 2.16. The number of carbonyl (C=O) groups excluding carboxylic acids is 1. The molecule has 0 bridgehead atoms. The molecule has 0 fully saturated rings. The van der Waals surface area contributed by atoms with E-state index in [2.05, 4.69) is 10.6 Å². The summed E-state index contributed by atoms with van der Waals surface area (Å²) >= 11 is 0. The second-order valence-corrected chi connectivity index (χ2v) is 5.06. The van der Waals surface area contributed by atoms with Gasteiger partial charge < -0.3 is 21.5 Å². The molecule has 1 atom stereocenters. The molecule has 1 aromatic carbocycles. The number of aryl methyl sites for hydroxylation is 2. The van der Waals surface area contributed by atoms with E-state index in [0.29, 0.717) is 25.2 Å². The number of nitrogens with one attached hydrogen (secondary N) is 2. The van der Waals surface area contributed by atoms with E-state index in [0.717, 1.165) is 11.1 Å². The molecule has 1 rings (SSSR count). The Morgan fingerprint density at radius 3 is 2.67 bits per heavy atom. The van der Waals surface area contributed by atoms with Crippen molar-refractivity contribution in [1.82, 2.24) is 5.32 Å². The average Bonchev–Trinajstić information content (AvgIpc) is 2.42. The van der Waals surface area contributed by atoms with Gasteiger partial charge in [0.2, 0.25) is 5.91 Å². The first-order valence-electron chi connectivity index (χ1n) is 6.97. The molecule has 0 saturated carbocycles. The lowest BCUT2D eigenvalue weighted by molar-refractivity contribution is -0.141. The van der Waals surface area contributed by atoms with Crippen LogP contribution in [0.5, 0.6) is 0 Å². The lowest BCUT2D eigenvalue weighted by Gasteiger charge is -2.15. The molecule has 0 aliphatic heterocycles. The van der Waals surface area contributed by atoms with Crippen molar-refractivity contribution < 1.29 is 14.7 Å². The largest absolute Gasteiger partial charge is 0.480 e. The van der Waals surface area contributed by atoms with Gasteiger partial charge in [-0.25, -0.2) is 0 Å². The number of carboxylic acid groups (broad SMARTS) is 1. The summed E-state index contributed by atoms with van der Waals surface area (Å²) < 4.78 is 0. The molecule has 0 aliphatic rings. The van der Waals surface area contributed by atoms with E-state index in [1.807, 2.05) is 32.0 Å². The Kier molecular flexibility index (Phi) is 6.84. The summed E-state index contributed by atoms with van der Waals surface area (Å²) in [5.74, 6) is -1.36. The summed E-state index contributed by atoms with van der Waals surface area (Å²) in [5.41, 5.74) is 8.05. The van der Waals surface area contributed by atoms with Crippen molar-refractivity contribution in [2.75, 3.05) is 18.4 Å². The van der Waals surface area contributed by atoms with E-state index in [1.165, 1.54) is 0 Å². The predicted molar refractivity (Wildman–Crippen MR) is 82.3 cm³/mol. The number of nitrogens with two attached hydrogens (primary N) is 1. The second-order valence-electron chi connectivity index (χ2n) is 5.06. The van der Waals surface area contributed by atoms with Crippen molar-refractivity contribution in [3.8, 4) is 0 Å². The average molecular weight is 293 g/mol. The summed E-state index contributed by atoms with van der Waals surface area (Å²) in [6.07, 6.45) is 0.551. The zero-order valence-corrected chi connectivity index (χ0v) is 12.5. The Morgan fingerprint density at radius 1 is 1.33 bits per heavy atom. The predicted octanol–water partition coefficient (Wildman–Crippen LogP) is 1.02. The van der Waals surface area contributed by atoms with Gasteiger partial charge in [-0.15, -0.1) is 0 Å². The molecular weight excluding hydrogens is 270 g/mol. The first-order valence-corrected chi connectivity index (χ1v) is 6.97. The number of benzene rings is 1. The van der Waals surface area contributed by atoms with Gasteiger partial charge in [0.05, 0.1) is 6.42 Å². The lowest BCUT2D eigenvalue weighted by atomic mass is 10.1. The number of carboxylic acids is 1. The van der Waals surface area contributed by atoms with Gasteiger partial charge in [-0.3, -0.25) is 9.59 Å². The van der Waals surface area contributed by atoms with Crippen LogP contribution in [-0.2, 0) is 9.59 Å². The molecule has 0 spiro atoms. The molecule has 0 aliphatic carbocycles. The Bertz CT molecular complexity index is 503. The maximum atomic E-state index is 12.0. The van der Waals surface area contributed by atoms with Crippen LogP contribution in [0.1, 0.15) is 24.0 Å². The Morgan fingerprint density at radius 2 is 2.05 bits per heavy atom. The van der Waals surface area contributed by atoms with Crippen molar-refractivity contribution in [2.45, 2.75) is 32.7 Å². The third kappa shape index (κ3) is 5.93. The molecule has 1 aromatic rings. The SMILES string of the molecule is Cc1ccc(C)c(NC(=O)C[C@H](NCCCN)C(=O)O)c1. The number of hydrogen-bond acceptors (Lipinski definition) is 4. The summed E-state index contributed by atoms with van der Waals surface area (Å²) in [7, 11) is 0. The Labute approximate surface area is 124 Å². The van der Waals surface area contributed by atoms with Gasteiger partial charge in [0.15, 0.2) is 0 Å². The monoisotopic (exact) mass is 293 g/mol. The third-order valence-corrected chi connectivity index (χ3v) is 3.13. The van der Waals surface area contributed by atoms with Crippen molar-refractivity contribution >= 4 is 17.6 Å². The van der Waals surface area contributed by atoms with Crippen LogP contribution in [0.15, 0.2) is 18.2 Å². The molecule has 21 heavy (non-hydrogen) atoms. The number of rotatable bonds is 8. The molecule has 0 aromatic heterocycles. The highest BCUT2D eigenvalue weighted by Gasteiger charge is 2.20. The second kappa shape index (κ2) is 8.39. The van der Waals surface area contributed by atoms with Gasteiger partial charge in [0, 0.05) is 5.69 Å². The molecule has 0 saturated heterocycles. The zero-order chi connectivity index (χ0) is 15.8. The number of anilines is 1. The topological polar surface area (TPSA) is 104 Å². The van der Waals surface area contributed by atoms with Crippen LogP contribution in [0.4, 0.5) is 5.69 Å². The highest BCUT2D eigenvalue weighted by molar-refractivity contribution is 5.94. The molecule has 0 heterocycles. The fraction of sp³-hybridized carbons (Fsp3) is 0.467. The van der Waals surface area contributed by atoms with E-state index in [4.69, 9.17) is 10.8 Å². The van der Waals surface area contributed by atoms with Gasteiger partial charge >= 0.3 is 5.97 Å². The first-order chi connectivity index (χ1) is 9.93. The quantitative estimate of drug-likeness (QED) is 0.536. The van der Waals surface area contributed by atoms with Crippen molar-refractivity contribution in [3.63, 3.8) is 0 Å². The van der Waals surface area contributed by atoms with Gasteiger partial charge in [-0.05, 0) is 50.6 Å². The molecule has 6 heteroatoms. The van der Waals surface area contributed by atoms with Crippen LogP contribution in [-0.4, -0.2) is 36.1 Å². The van der Waals surface area contributed by atoms with E-state index in [9.17, 15) is 9.59 Å². The van der Waals surface area contributed by atoms with E-state index in [1.54, 1.807) is 0 Å². The number of amides is 1. The van der Waals surface area contributed by atoms with Crippen LogP contribution in [0, 0.1) is 13.8 Å². The maximum Gasteiger partial charge on any atom is 0.321 e. The van der Waals surface area contributed by atoms with E-state index in [-0.39, 0.29) is 12.3 Å². The minimum absolute atomic E-state index is 0.118. The van der Waals surface area contributed by atoms with Gasteiger partial charge in [0.25, 0.3) is 0 Å². The van der Waals surface area contributed by atoms with Crippen LogP contribution < -0.4 is 16.4 Å². The number of carbonyl (C=O) groups is 2. The highest BCUT2D eigenvalue weighted by atomic mass is 16.4. The first kappa shape index (κ1) is 17.1. The molecule has 6 nitrogen and oxygen atoms in total. The molecule has 5 N–H and O–H groups in total. The van der Waals surface area contributed by atoms with E-state index >= 15 is 0 Å².